The first-order valence-corrected chi connectivity index (χ1v) is 14.6. The zero-order chi connectivity index (χ0) is 30.2. The first-order valence-electron chi connectivity index (χ1n) is 13.7. The van der Waals surface area contributed by atoms with Gasteiger partial charge >= 0.3 is 5.97 Å². The van der Waals surface area contributed by atoms with Crippen LogP contribution in [0.1, 0.15) is 34.0 Å². The van der Waals surface area contributed by atoms with Gasteiger partial charge in [0.2, 0.25) is 0 Å². The monoisotopic (exact) mass is 590 g/mol. The van der Waals surface area contributed by atoms with Gasteiger partial charge < -0.3 is 14.6 Å². The molecule has 1 amide bonds. The molecular weight excluding hydrogens is 560 g/mol. The number of ether oxygens (including phenoxy) is 2. The van der Waals surface area contributed by atoms with Crippen LogP contribution in [0.2, 0.25) is 0 Å². The molecule has 0 aliphatic carbocycles. The van der Waals surface area contributed by atoms with Gasteiger partial charge in [-0.05, 0) is 90.8 Å². The molecule has 0 atom stereocenters. The molecule has 43 heavy (non-hydrogen) atoms. The molecule has 4 aromatic carbocycles. The number of carbonyl (C=O) groups excluding carboxylic acids is 1. The predicted octanol–water partition coefficient (Wildman–Crippen LogP) is 7.90. The van der Waals surface area contributed by atoms with Crippen molar-refractivity contribution in [3.8, 4) is 11.5 Å². The molecule has 0 saturated carbocycles. The predicted molar refractivity (Wildman–Crippen MR) is 172 cm³/mol. The van der Waals surface area contributed by atoms with Gasteiger partial charge in [0.15, 0.2) is 16.7 Å². The van der Waals surface area contributed by atoms with Crippen LogP contribution in [0.4, 0.5) is 11.4 Å². The van der Waals surface area contributed by atoms with Crippen molar-refractivity contribution in [1.82, 2.24) is 0 Å². The normalized spacial score (nSPS) is 14.7. The molecule has 1 aliphatic heterocycles. The van der Waals surface area contributed by atoms with Crippen molar-refractivity contribution < 1.29 is 24.2 Å². The fourth-order valence-electron chi connectivity index (χ4n) is 4.52. The van der Waals surface area contributed by atoms with Crippen molar-refractivity contribution >= 4 is 46.3 Å². The number of aliphatic imine (C=N–C) groups is 1. The Morgan fingerprint density at radius 2 is 1.67 bits per heavy atom. The smallest absolute Gasteiger partial charge is 0.335 e. The molecule has 216 valence electrons. The minimum absolute atomic E-state index is 0.167. The standard InChI is InChI=1S/C35H30N2O5S/c1-3-11-27-20-25(21-30(41-4-2)32(27)42-23-24-16-18-26(19-17-24)34(39)40)22-31-33(38)37(29-14-9-6-10-15-29)35(43-31)36-28-12-7-5-8-13-28/h3,5-10,12-22H,1,4,11,23H2,2H3,(H,39,40)/b31-22+,36-35?. The Labute approximate surface area is 254 Å². The van der Waals surface area contributed by atoms with E-state index in [0.717, 1.165) is 28.1 Å². The lowest BCUT2D eigenvalue weighted by molar-refractivity contribution is -0.113. The van der Waals surface area contributed by atoms with Crippen LogP contribution in [-0.2, 0) is 17.8 Å². The second-order valence-electron chi connectivity index (χ2n) is 9.54. The van der Waals surface area contributed by atoms with Gasteiger partial charge in [0, 0.05) is 5.56 Å². The van der Waals surface area contributed by atoms with E-state index in [2.05, 4.69) is 6.58 Å². The third-order valence-electron chi connectivity index (χ3n) is 6.50. The van der Waals surface area contributed by atoms with Crippen molar-refractivity contribution in [2.75, 3.05) is 11.5 Å². The van der Waals surface area contributed by atoms with Gasteiger partial charge in [-0.1, -0.05) is 54.6 Å². The molecule has 8 heteroatoms. The number of hydrogen-bond donors (Lipinski definition) is 1. The second-order valence-corrected chi connectivity index (χ2v) is 10.5. The summed E-state index contributed by atoms with van der Waals surface area (Å²) in [7, 11) is 0. The largest absolute Gasteiger partial charge is 0.490 e. The SMILES string of the molecule is C=CCc1cc(/C=C2/SC(=Nc3ccccc3)N(c3ccccc3)C2=O)cc(OCC)c1OCc1ccc(C(=O)O)cc1. The van der Waals surface area contributed by atoms with Crippen molar-refractivity contribution in [3.63, 3.8) is 0 Å². The highest BCUT2D eigenvalue weighted by Gasteiger charge is 2.34. The third-order valence-corrected chi connectivity index (χ3v) is 7.47. The summed E-state index contributed by atoms with van der Waals surface area (Å²) in [4.78, 5) is 31.9. The summed E-state index contributed by atoms with van der Waals surface area (Å²) in [6, 6.07) is 29.4. The number of carboxylic acids is 1. The van der Waals surface area contributed by atoms with Crippen LogP contribution in [0, 0.1) is 0 Å². The van der Waals surface area contributed by atoms with Crippen molar-refractivity contribution in [2.24, 2.45) is 4.99 Å². The zero-order valence-corrected chi connectivity index (χ0v) is 24.4. The number of aromatic carboxylic acids is 1. The number of hydrogen-bond acceptors (Lipinski definition) is 6. The maximum atomic E-state index is 13.8. The molecule has 4 aromatic rings. The van der Waals surface area contributed by atoms with Gasteiger partial charge in [0.05, 0.1) is 28.5 Å². The Balaban J connectivity index is 1.49. The number of benzene rings is 4. The Morgan fingerprint density at radius 1 is 0.977 bits per heavy atom. The van der Waals surface area contributed by atoms with Gasteiger partial charge in [-0.15, -0.1) is 6.58 Å². The fourth-order valence-corrected chi connectivity index (χ4v) is 5.52. The van der Waals surface area contributed by atoms with Gasteiger partial charge in [-0.3, -0.25) is 9.69 Å². The van der Waals surface area contributed by atoms with E-state index in [1.54, 1.807) is 35.2 Å². The topological polar surface area (TPSA) is 88.4 Å². The van der Waals surface area contributed by atoms with Crippen LogP contribution in [0.15, 0.2) is 120 Å². The quantitative estimate of drug-likeness (QED) is 0.141. The summed E-state index contributed by atoms with van der Waals surface area (Å²) in [6.45, 7) is 6.45. The van der Waals surface area contributed by atoms with Crippen LogP contribution < -0.4 is 14.4 Å². The molecule has 7 nitrogen and oxygen atoms in total. The van der Waals surface area contributed by atoms with Crippen molar-refractivity contribution in [3.05, 3.63) is 137 Å². The first-order chi connectivity index (χ1) is 21.0. The van der Waals surface area contributed by atoms with Gasteiger partial charge in [-0.2, -0.15) is 0 Å². The summed E-state index contributed by atoms with van der Waals surface area (Å²) in [5, 5.41) is 9.75. The zero-order valence-electron chi connectivity index (χ0n) is 23.6. The molecule has 0 spiro atoms. The highest BCUT2D eigenvalue weighted by molar-refractivity contribution is 8.19. The molecule has 0 aromatic heterocycles. The molecule has 1 aliphatic rings. The molecule has 5 rings (SSSR count). The fraction of sp³-hybridized carbons (Fsp3) is 0.114. The first kappa shape index (κ1) is 29.4. The molecule has 1 fully saturated rings. The van der Waals surface area contributed by atoms with E-state index >= 15 is 0 Å². The van der Waals surface area contributed by atoms with E-state index in [-0.39, 0.29) is 18.1 Å². The molecule has 0 radical (unpaired) electrons. The summed E-state index contributed by atoms with van der Waals surface area (Å²) in [6.07, 6.45) is 4.15. The van der Waals surface area contributed by atoms with Gasteiger partial charge in [-0.25, -0.2) is 9.79 Å². The summed E-state index contributed by atoms with van der Waals surface area (Å²) >= 11 is 1.32. The number of amidine groups is 1. The maximum Gasteiger partial charge on any atom is 0.335 e. The summed E-state index contributed by atoms with van der Waals surface area (Å²) in [5.41, 5.74) is 4.16. The average Bonchev–Trinajstić information content (AvgIpc) is 3.31. The average molecular weight is 591 g/mol. The number of anilines is 1. The number of thioether (sulfide) groups is 1. The minimum atomic E-state index is -0.978. The van der Waals surface area contributed by atoms with Crippen LogP contribution in [-0.4, -0.2) is 28.8 Å². The highest BCUT2D eigenvalue weighted by atomic mass is 32.2. The number of para-hydroxylation sites is 2. The molecule has 0 bridgehead atoms. The van der Waals surface area contributed by atoms with Crippen LogP contribution in [0.3, 0.4) is 0 Å². The maximum absolute atomic E-state index is 13.8. The lowest BCUT2D eigenvalue weighted by Gasteiger charge is -2.17. The van der Waals surface area contributed by atoms with E-state index < -0.39 is 5.97 Å². The van der Waals surface area contributed by atoms with Gasteiger partial charge in [0.25, 0.3) is 5.91 Å². The van der Waals surface area contributed by atoms with Gasteiger partial charge in [0.1, 0.15) is 6.61 Å². The molecule has 0 unspecified atom stereocenters. The number of amides is 1. The van der Waals surface area contributed by atoms with E-state index in [4.69, 9.17) is 14.5 Å². The number of carboxylic acid groups (broad SMARTS) is 1. The molecular formula is C35H30N2O5S. The number of carbonyl (C=O) groups is 2. The number of nitrogens with zero attached hydrogens (tertiary/aromatic N) is 2. The van der Waals surface area contributed by atoms with E-state index in [9.17, 15) is 14.7 Å². The van der Waals surface area contributed by atoms with Crippen LogP contribution in [0.25, 0.3) is 6.08 Å². The second kappa shape index (κ2) is 13.7. The van der Waals surface area contributed by atoms with Crippen molar-refractivity contribution in [1.29, 1.82) is 0 Å². The summed E-state index contributed by atoms with van der Waals surface area (Å²) in [5.74, 6) is -0.0224. The van der Waals surface area contributed by atoms with Crippen LogP contribution in [0.5, 0.6) is 11.5 Å². The summed E-state index contributed by atoms with van der Waals surface area (Å²) < 4.78 is 12.2. The highest BCUT2D eigenvalue weighted by Crippen LogP contribution is 2.40. The molecule has 1 N–H and O–H groups in total. The Hall–Kier alpha value is -5.08. The van der Waals surface area contributed by atoms with E-state index in [1.807, 2.05) is 85.8 Å². The van der Waals surface area contributed by atoms with E-state index in [1.165, 1.54) is 11.8 Å². The Kier molecular flexibility index (Phi) is 9.39. The number of allylic oxidation sites excluding steroid dienone is 1. The molecule has 1 heterocycles. The number of rotatable bonds is 11. The Morgan fingerprint density at radius 3 is 2.33 bits per heavy atom. The lowest BCUT2D eigenvalue weighted by atomic mass is 10.0. The van der Waals surface area contributed by atoms with Crippen LogP contribution >= 0.6 is 11.8 Å². The van der Waals surface area contributed by atoms with E-state index in [0.29, 0.717) is 34.6 Å². The minimum Gasteiger partial charge on any atom is -0.490 e. The van der Waals surface area contributed by atoms with Crippen molar-refractivity contribution in [2.45, 2.75) is 20.0 Å². The lowest BCUT2D eigenvalue weighted by Crippen LogP contribution is -2.28. The Bertz CT molecular complexity index is 1680. The third kappa shape index (κ3) is 7.05. The molecule has 1 saturated heterocycles.